The van der Waals surface area contributed by atoms with Crippen LogP contribution < -0.4 is 0 Å². The number of ketones is 1. The Morgan fingerprint density at radius 1 is 1.22 bits per heavy atom. The number of aryl methyl sites for hydroxylation is 1. The molecule has 0 spiro atoms. The van der Waals surface area contributed by atoms with E-state index >= 15 is 0 Å². The van der Waals surface area contributed by atoms with E-state index in [0.717, 1.165) is 5.56 Å². The maximum absolute atomic E-state index is 11.7. The summed E-state index contributed by atoms with van der Waals surface area (Å²) in [5.41, 5.74) is 1.86. The van der Waals surface area contributed by atoms with Gasteiger partial charge in [0, 0.05) is 6.20 Å². The van der Waals surface area contributed by atoms with Crippen molar-refractivity contribution in [1.29, 1.82) is 0 Å². The van der Waals surface area contributed by atoms with E-state index < -0.39 is 5.97 Å². The summed E-state index contributed by atoms with van der Waals surface area (Å²) < 4.78 is 4.96. The molecule has 0 aliphatic carbocycles. The Labute approximate surface area is 105 Å². The number of rotatable bonds is 4. The van der Waals surface area contributed by atoms with Crippen LogP contribution in [0.15, 0.2) is 42.6 Å². The van der Waals surface area contributed by atoms with Gasteiger partial charge in [-0.1, -0.05) is 17.7 Å². The van der Waals surface area contributed by atoms with Crippen molar-refractivity contribution in [2.75, 3.05) is 6.61 Å². The Morgan fingerprint density at radius 2 is 2.06 bits per heavy atom. The molecule has 1 aromatic carbocycles. The fourth-order valence-electron chi connectivity index (χ4n) is 1.57. The van der Waals surface area contributed by atoms with Crippen LogP contribution in [0.4, 0.5) is 0 Å². The van der Waals surface area contributed by atoms with Gasteiger partial charge in [0.15, 0.2) is 6.61 Å². The average Bonchev–Trinajstić information content (AvgIpc) is 2.89. The maximum Gasteiger partial charge on any atom is 0.338 e. The molecule has 92 valence electrons. The highest BCUT2D eigenvalue weighted by Crippen LogP contribution is 2.06. The average molecular weight is 243 g/mol. The standard InChI is InChI=1S/C14H13NO3/c1-10-4-2-5-11(8-10)14(17)18-9-13(16)12-6-3-7-15-12/h2-8,15H,9H2,1H3. The predicted octanol–water partition coefficient (Wildman–Crippen LogP) is 2.36. The van der Waals surface area contributed by atoms with Crippen LogP contribution in [0.25, 0.3) is 0 Å². The minimum atomic E-state index is -0.487. The molecule has 2 aromatic rings. The van der Waals surface area contributed by atoms with E-state index in [0.29, 0.717) is 11.3 Å². The number of benzene rings is 1. The molecule has 0 fully saturated rings. The van der Waals surface area contributed by atoms with Gasteiger partial charge in [-0.15, -0.1) is 0 Å². The van der Waals surface area contributed by atoms with Crippen LogP contribution >= 0.6 is 0 Å². The molecule has 2 rings (SSSR count). The Kier molecular flexibility index (Phi) is 3.57. The Bertz CT molecular complexity index is 558. The molecule has 0 aliphatic heterocycles. The second-order valence-electron chi connectivity index (χ2n) is 3.95. The number of esters is 1. The zero-order valence-corrected chi connectivity index (χ0v) is 9.97. The first-order chi connectivity index (χ1) is 8.66. The van der Waals surface area contributed by atoms with Crippen LogP contribution in [-0.2, 0) is 4.74 Å². The summed E-state index contributed by atoms with van der Waals surface area (Å²) in [7, 11) is 0. The van der Waals surface area contributed by atoms with E-state index in [9.17, 15) is 9.59 Å². The molecular weight excluding hydrogens is 230 g/mol. The van der Waals surface area contributed by atoms with Gasteiger partial charge in [0.1, 0.15) is 0 Å². The molecule has 0 atom stereocenters. The fourth-order valence-corrected chi connectivity index (χ4v) is 1.57. The van der Waals surface area contributed by atoms with Crippen LogP contribution in [0.5, 0.6) is 0 Å². The molecule has 0 unspecified atom stereocenters. The lowest BCUT2D eigenvalue weighted by atomic mass is 10.1. The highest BCUT2D eigenvalue weighted by Gasteiger charge is 2.12. The third-order valence-corrected chi connectivity index (χ3v) is 2.49. The van der Waals surface area contributed by atoms with Crippen LogP contribution in [-0.4, -0.2) is 23.3 Å². The zero-order valence-electron chi connectivity index (χ0n) is 9.97. The smallest absolute Gasteiger partial charge is 0.338 e. The van der Waals surface area contributed by atoms with E-state index in [2.05, 4.69) is 4.98 Å². The normalized spacial score (nSPS) is 10.1. The summed E-state index contributed by atoms with van der Waals surface area (Å²) in [4.78, 5) is 26.1. The summed E-state index contributed by atoms with van der Waals surface area (Å²) in [6.07, 6.45) is 1.65. The van der Waals surface area contributed by atoms with Crippen molar-refractivity contribution in [3.05, 3.63) is 59.4 Å². The van der Waals surface area contributed by atoms with Gasteiger partial charge in [0.25, 0.3) is 0 Å². The molecule has 1 N–H and O–H groups in total. The second-order valence-corrected chi connectivity index (χ2v) is 3.95. The fraction of sp³-hybridized carbons (Fsp3) is 0.143. The molecule has 0 radical (unpaired) electrons. The van der Waals surface area contributed by atoms with Crippen molar-refractivity contribution in [3.8, 4) is 0 Å². The molecule has 0 amide bonds. The van der Waals surface area contributed by atoms with E-state index in [1.165, 1.54) is 0 Å². The Hall–Kier alpha value is -2.36. The van der Waals surface area contributed by atoms with Gasteiger partial charge in [0.2, 0.25) is 5.78 Å². The molecule has 4 heteroatoms. The van der Waals surface area contributed by atoms with E-state index in [1.54, 1.807) is 36.5 Å². The minimum absolute atomic E-state index is 0.249. The third-order valence-electron chi connectivity index (χ3n) is 2.49. The molecule has 18 heavy (non-hydrogen) atoms. The number of aromatic nitrogens is 1. The van der Waals surface area contributed by atoms with Gasteiger partial charge in [-0.05, 0) is 31.2 Å². The molecule has 1 heterocycles. The molecule has 0 bridgehead atoms. The van der Waals surface area contributed by atoms with Crippen LogP contribution in [0, 0.1) is 6.92 Å². The van der Waals surface area contributed by atoms with Crippen LogP contribution in [0.1, 0.15) is 26.4 Å². The first-order valence-corrected chi connectivity index (χ1v) is 5.57. The summed E-state index contributed by atoms with van der Waals surface area (Å²) in [6.45, 7) is 1.63. The number of hydrogen-bond donors (Lipinski definition) is 1. The summed E-state index contributed by atoms with van der Waals surface area (Å²) >= 11 is 0. The van der Waals surface area contributed by atoms with Crippen molar-refractivity contribution in [1.82, 2.24) is 4.98 Å². The second kappa shape index (κ2) is 5.31. The lowest BCUT2D eigenvalue weighted by molar-refractivity contribution is 0.0473. The highest BCUT2D eigenvalue weighted by molar-refractivity contribution is 5.98. The van der Waals surface area contributed by atoms with Gasteiger partial charge >= 0.3 is 5.97 Å². The van der Waals surface area contributed by atoms with E-state index in [4.69, 9.17) is 4.74 Å². The zero-order chi connectivity index (χ0) is 13.0. The number of carbonyl (C=O) groups excluding carboxylic acids is 2. The monoisotopic (exact) mass is 243 g/mol. The summed E-state index contributed by atoms with van der Waals surface area (Å²) in [6, 6.07) is 10.4. The third kappa shape index (κ3) is 2.85. The number of carbonyl (C=O) groups is 2. The predicted molar refractivity (Wildman–Crippen MR) is 66.6 cm³/mol. The van der Waals surface area contributed by atoms with Gasteiger partial charge in [0.05, 0.1) is 11.3 Å². The molecule has 4 nitrogen and oxygen atoms in total. The number of Topliss-reactive ketones (excluding diaryl/α,β-unsaturated/α-hetero) is 1. The van der Waals surface area contributed by atoms with Crippen LogP contribution in [0.2, 0.25) is 0 Å². The van der Waals surface area contributed by atoms with Crippen LogP contribution in [0.3, 0.4) is 0 Å². The quantitative estimate of drug-likeness (QED) is 0.662. The Balaban J connectivity index is 1.95. The van der Waals surface area contributed by atoms with Gasteiger partial charge < -0.3 is 9.72 Å². The van der Waals surface area contributed by atoms with Crippen molar-refractivity contribution in [3.63, 3.8) is 0 Å². The molecule has 0 saturated heterocycles. The minimum Gasteiger partial charge on any atom is -0.454 e. The number of aromatic amines is 1. The van der Waals surface area contributed by atoms with Gasteiger partial charge in [-0.25, -0.2) is 4.79 Å². The topological polar surface area (TPSA) is 59.2 Å². The Morgan fingerprint density at radius 3 is 2.72 bits per heavy atom. The number of H-pyrrole nitrogens is 1. The van der Waals surface area contributed by atoms with E-state index in [-0.39, 0.29) is 12.4 Å². The highest BCUT2D eigenvalue weighted by atomic mass is 16.5. The molecule has 0 aliphatic rings. The van der Waals surface area contributed by atoms with Gasteiger partial charge in [-0.2, -0.15) is 0 Å². The van der Waals surface area contributed by atoms with Crippen molar-refractivity contribution in [2.24, 2.45) is 0 Å². The van der Waals surface area contributed by atoms with Crippen molar-refractivity contribution < 1.29 is 14.3 Å². The molecule has 1 aromatic heterocycles. The first kappa shape index (κ1) is 12.1. The lowest BCUT2D eigenvalue weighted by Crippen LogP contribution is -2.14. The van der Waals surface area contributed by atoms with E-state index in [1.807, 2.05) is 13.0 Å². The van der Waals surface area contributed by atoms with Gasteiger partial charge in [-0.3, -0.25) is 4.79 Å². The summed E-state index contributed by atoms with van der Waals surface area (Å²) in [5, 5.41) is 0. The summed E-state index contributed by atoms with van der Waals surface area (Å²) in [5.74, 6) is -0.736. The lowest BCUT2D eigenvalue weighted by Gasteiger charge is -2.04. The number of hydrogen-bond acceptors (Lipinski definition) is 3. The number of nitrogens with one attached hydrogen (secondary N) is 1. The van der Waals surface area contributed by atoms with Crippen molar-refractivity contribution in [2.45, 2.75) is 6.92 Å². The number of ether oxygens (including phenoxy) is 1. The molecular formula is C14H13NO3. The maximum atomic E-state index is 11.7. The first-order valence-electron chi connectivity index (χ1n) is 5.57. The van der Waals surface area contributed by atoms with Crippen molar-refractivity contribution >= 4 is 11.8 Å². The SMILES string of the molecule is Cc1cccc(C(=O)OCC(=O)c2ccc[nH]2)c1. The largest absolute Gasteiger partial charge is 0.454 e. The molecule has 0 saturated carbocycles.